The van der Waals surface area contributed by atoms with Crippen LogP contribution in [-0.2, 0) is 17.8 Å². The maximum atomic E-state index is 12.5. The molecule has 0 spiro atoms. The minimum atomic E-state index is -0.235. The molecule has 7 heteroatoms. The second-order valence-corrected chi connectivity index (χ2v) is 6.91. The van der Waals surface area contributed by atoms with Gasteiger partial charge in [-0.1, -0.05) is 11.6 Å². The number of ether oxygens (including phenoxy) is 1. The van der Waals surface area contributed by atoms with Crippen molar-refractivity contribution in [3.05, 3.63) is 62.7 Å². The third-order valence-corrected chi connectivity index (χ3v) is 4.90. The molecule has 0 fully saturated rings. The van der Waals surface area contributed by atoms with Gasteiger partial charge in [-0.25, -0.2) is 0 Å². The molecule has 1 aliphatic rings. The number of hydrogen-bond acceptors (Lipinski definition) is 3. The fraction of sp³-hybridized carbons (Fsp3) is 0.263. The van der Waals surface area contributed by atoms with Gasteiger partial charge in [0.25, 0.3) is 5.91 Å². The molecule has 3 heterocycles. The molecule has 0 aliphatic carbocycles. The van der Waals surface area contributed by atoms with Gasteiger partial charge in [0.15, 0.2) is 12.4 Å². The van der Waals surface area contributed by atoms with Gasteiger partial charge in [-0.05, 0) is 25.1 Å². The van der Waals surface area contributed by atoms with Crippen molar-refractivity contribution in [3.8, 4) is 5.75 Å². The number of amides is 1. The lowest BCUT2D eigenvalue weighted by Gasteiger charge is -2.27. The Morgan fingerprint density at radius 3 is 3.00 bits per heavy atom. The molecule has 26 heavy (non-hydrogen) atoms. The Labute approximate surface area is 154 Å². The number of H-pyrrole nitrogens is 2. The van der Waals surface area contributed by atoms with Crippen LogP contribution in [0.1, 0.15) is 17.0 Å². The highest BCUT2D eigenvalue weighted by molar-refractivity contribution is 6.31. The summed E-state index contributed by atoms with van der Waals surface area (Å²) in [5, 5.41) is 1.71. The molecule has 1 aromatic carbocycles. The molecule has 0 atom stereocenters. The second kappa shape index (κ2) is 6.53. The predicted octanol–water partition coefficient (Wildman–Crippen LogP) is 2.78. The number of carbonyl (C=O) groups is 1. The Kier molecular flexibility index (Phi) is 4.20. The Hall–Kier alpha value is -2.73. The van der Waals surface area contributed by atoms with E-state index in [1.165, 1.54) is 12.3 Å². The molecule has 0 saturated heterocycles. The van der Waals surface area contributed by atoms with Gasteiger partial charge in [-0.2, -0.15) is 0 Å². The van der Waals surface area contributed by atoms with Crippen molar-refractivity contribution in [2.24, 2.45) is 0 Å². The Morgan fingerprint density at radius 2 is 2.19 bits per heavy atom. The first-order valence-electron chi connectivity index (χ1n) is 8.40. The number of nitrogens with zero attached hydrogens (tertiary/aromatic N) is 1. The lowest BCUT2D eigenvalue weighted by molar-refractivity contribution is -0.134. The van der Waals surface area contributed by atoms with E-state index in [1.807, 2.05) is 18.2 Å². The van der Waals surface area contributed by atoms with E-state index in [0.29, 0.717) is 18.1 Å². The molecule has 0 bridgehead atoms. The first kappa shape index (κ1) is 16.7. The molecular weight excluding hydrogens is 354 g/mol. The highest BCUT2D eigenvalue weighted by atomic mass is 35.5. The van der Waals surface area contributed by atoms with E-state index in [0.717, 1.165) is 34.3 Å². The zero-order valence-electron chi connectivity index (χ0n) is 14.3. The van der Waals surface area contributed by atoms with Crippen LogP contribution >= 0.6 is 11.6 Å². The number of fused-ring (bicyclic) bond motifs is 3. The summed E-state index contributed by atoms with van der Waals surface area (Å²) >= 11 is 6.11. The molecule has 0 radical (unpaired) electrons. The van der Waals surface area contributed by atoms with Gasteiger partial charge >= 0.3 is 0 Å². The molecule has 1 amide bonds. The quantitative estimate of drug-likeness (QED) is 0.743. The van der Waals surface area contributed by atoms with Crippen LogP contribution in [0.2, 0.25) is 5.02 Å². The first-order valence-corrected chi connectivity index (χ1v) is 8.78. The standard InChI is InChI=1S/C19H18ClN3O3/c1-11-6-17(24)18(8-21-11)26-10-19(25)23-5-4-16-14(9-23)13-7-12(20)2-3-15(13)22-16/h2-3,6-8,22H,4-5,9-10H2,1H3,(H,21,24). The summed E-state index contributed by atoms with van der Waals surface area (Å²) in [5.41, 5.74) is 3.77. The summed E-state index contributed by atoms with van der Waals surface area (Å²) in [5.74, 6) is 0.00697. The van der Waals surface area contributed by atoms with Crippen molar-refractivity contribution in [3.63, 3.8) is 0 Å². The van der Waals surface area contributed by atoms with E-state index < -0.39 is 0 Å². The molecule has 1 aliphatic heterocycles. The second-order valence-electron chi connectivity index (χ2n) is 6.47. The van der Waals surface area contributed by atoms with Crippen LogP contribution in [-0.4, -0.2) is 33.9 Å². The molecule has 2 N–H and O–H groups in total. The topological polar surface area (TPSA) is 78.2 Å². The number of aryl methyl sites for hydroxylation is 1. The van der Waals surface area contributed by atoms with Gasteiger partial charge in [0, 0.05) is 64.7 Å². The Bertz CT molecular complexity index is 1050. The third-order valence-electron chi connectivity index (χ3n) is 4.66. The van der Waals surface area contributed by atoms with Gasteiger partial charge in [-0.15, -0.1) is 0 Å². The Morgan fingerprint density at radius 1 is 1.35 bits per heavy atom. The van der Waals surface area contributed by atoms with Gasteiger partial charge in [0.05, 0.1) is 0 Å². The number of halogens is 1. The zero-order valence-corrected chi connectivity index (χ0v) is 15.0. The average molecular weight is 372 g/mol. The number of pyridine rings is 1. The molecule has 0 unspecified atom stereocenters. The highest BCUT2D eigenvalue weighted by Gasteiger charge is 2.24. The van der Waals surface area contributed by atoms with Gasteiger partial charge in [-0.3, -0.25) is 9.59 Å². The predicted molar refractivity (Wildman–Crippen MR) is 99.7 cm³/mol. The highest BCUT2D eigenvalue weighted by Crippen LogP contribution is 2.29. The molecule has 6 nitrogen and oxygen atoms in total. The monoisotopic (exact) mass is 371 g/mol. The lowest BCUT2D eigenvalue weighted by Crippen LogP contribution is -2.39. The van der Waals surface area contributed by atoms with Crippen molar-refractivity contribution in [1.82, 2.24) is 14.9 Å². The van der Waals surface area contributed by atoms with Gasteiger partial charge in [0.1, 0.15) is 0 Å². The van der Waals surface area contributed by atoms with Crippen LogP contribution in [0.15, 0.2) is 35.3 Å². The van der Waals surface area contributed by atoms with Crippen LogP contribution in [0.25, 0.3) is 10.9 Å². The number of benzene rings is 1. The Balaban J connectivity index is 1.49. The van der Waals surface area contributed by atoms with Gasteiger partial charge < -0.3 is 19.6 Å². The van der Waals surface area contributed by atoms with Crippen molar-refractivity contribution < 1.29 is 9.53 Å². The minimum absolute atomic E-state index is 0.146. The first-order chi connectivity index (χ1) is 12.5. The van der Waals surface area contributed by atoms with Crippen LogP contribution in [0, 0.1) is 6.92 Å². The number of rotatable bonds is 3. The van der Waals surface area contributed by atoms with Crippen LogP contribution in [0.4, 0.5) is 0 Å². The summed E-state index contributed by atoms with van der Waals surface area (Å²) in [6, 6.07) is 7.17. The fourth-order valence-electron chi connectivity index (χ4n) is 3.30. The largest absolute Gasteiger partial charge is 0.478 e. The maximum absolute atomic E-state index is 12.5. The van der Waals surface area contributed by atoms with E-state index in [-0.39, 0.29) is 23.7 Å². The van der Waals surface area contributed by atoms with Crippen molar-refractivity contribution in [2.75, 3.05) is 13.2 Å². The summed E-state index contributed by atoms with van der Waals surface area (Å²) in [7, 11) is 0. The average Bonchev–Trinajstić information content (AvgIpc) is 2.98. The lowest BCUT2D eigenvalue weighted by atomic mass is 10.0. The molecular formula is C19H18ClN3O3. The van der Waals surface area contributed by atoms with E-state index in [9.17, 15) is 9.59 Å². The summed E-state index contributed by atoms with van der Waals surface area (Å²) in [6.07, 6.45) is 2.24. The normalized spacial score (nSPS) is 13.7. The number of aromatic nitrogens is 2. The number of aromatic amines is 2. The van der Waals surface area contributed by atoms with E-state index in [1.54, 1.807) is 11.8 Å². The molecule has 4 rings (SSSR count). The van der Waals surface area contributed by atoms with Crippen LogP contribution in [0.3, 0.4) is 0 Å². The van der Waals surface area contributed by atoms with Crippen molar-refractivity contribution in [1.29, 1.82) is 0 Å². The van der Waals surface area contributed by atoms with E-state index in [2.05, 4.69) is 9.97 Å². The zero-order chi connectivity index (χ0) is 18.3. The van der Waals surface area contributed by atoms with Crippen LogP contribution in [0.5, 0.6) is 5.75 Å². The third kappa shape index (κ3) is 3.08. The van der Waals surface area contributed by atoms with Crippen LogP contribution < -0.4 is 10.2 Å². The van der Waals surface area contributed by atoms with Crippen molar-refractivity contribution in [2.45, 2.75) is 19.9 Å². The number of nitrogens with one attached hydrogen (secondary N) is 2. The SMILES string of the molecule is Cc1cc(=O)c(OCC(=O)N2CCc3[nH]c4ccc(Cl)cc4c3C2)c[nH]1. The summed E-state index contributed by atoms with van der Waals surface area (Å²) in [4.78, 5) is 32.4. The molecule has 134 valence electrons. The number of hydrogen-bond donors (Lipinski definition) is 2. The number of carbonyl (C=O) groups excluding carboxylic acids is 1. The summed E-state index contributed by atoms with van der Waals surface area (Å²) < 4.78 is 5.42. The van der Waals surface area contributed by atoms with Crippen molar-refractivity contribution >= 4 is 28.4 Å². The summed E-state index contributed by atoms with van der Waals surface area (Å²) in [6.45, 7) is 2.74. The molecule has 0 saturated carbocycles. The van der Waals surface area contributed by atoms with E-state index >= 15 is 0 Å². The fourth-order valence-corrected chi connectivity index (χ4v) is 3.47. The minimum Gasteiger partial charge on any atom is -0.478 e. The maximum Gasteiger partial charge on any atom is 0.260 e. The van der Waals surface area contributed by atoms with E-state index in [4.69, 9.17) is 16.3 Å². The molecule has 3 aromatic rings. The smallest absolute Gasteiger partial charge is 0.260 e. The molecule has 2 aromatic heterocycles. The van der Waals surface area contributed by atoms with Gasteiger partial charge in [0.2, 0.25) is 5.43 Å².